The first kappa shape index (κ1) is 16.0. The van der Waals surface area contributed by atoms with Crippen molar-refractivity contribution in [3.8, 4) is 0 Å². The maximum Gasteiger partial charge on any atom is 0.257 e. The zero-order valence-corrected chi connectivity index (χ0v) is 14.8. The lowest BCUT2D eigenvalue weighted by Crippen LogP contribution is -2.26. The van der Waals surface area contributed by atoms with Crippen LogP contribution < -0.4 is 0 Å². The number of aromatic nitrogens is 1. The molecule has 0 aliphatic carbocycles. The molecule has 0 N–H and O–H groups in total. The summed E-state index contributed by atoms with van der Waals surface area (Å²) in [6.45, 7) is 0.503. The van der Waals surface area contributed by atoms with Crippen molar-refractivity contribution in [3.63, 3.8) is 0 Å². The first-order valence-electron chi connectivity index (χ1n) is 7.09. The van der Waals surface area contributed by atoms with E-state index in [1.807, 2.05) is 24.3 Å². The van der Waals surface area contributed by atoms with Gasteiger partial charge in [-0.1, -0.05) is 54.1 Å². The zero-order valence-electron chi connectivity index (χ0n) is 12.5. The number of pyridine rings is 1. The molecule has 5 heteroatoms. The van der Waals surface area contributed by atoms with Gasteiger partial charge < -0.3 is 4.90 Å². The molecule has 23 heavy (non-hydrogen) atoms. The van der Waals surface area contributed by atoms with Gasteiger partial charge in [0.1, 0.15) is 5.15 Å². The number of hydrogen-bond donors (Lipinski definition) is 0. The molecule has 0 aliphatic rings. The molecule has 2 aromatic carbocycles. The van der Waals surface area contributed by atoms with Gasteiger partial charge in [-0.3, -0.25) is 4.79 Å². The van der Waals surface area contributed by atoms with E-state index in [0.717, 1.165) is 20.8 Å². The average Bonchev–Trinajstić information content (AvgIpc) is 2.56. The minimum Gasteiger partial charge on any atom is -0.337 e. The lowest BCUT2D eigenvalue weighted by atomic mass is 10.0. The Kier molecular flexibility index (Phi) is 4.64. The summed E-state index contributed by atoms with van der Waals surface area (Å²) in [5, 5.41) is 2.52. The van der Waals surface area contributed by atoms with Crippen LogP contribution in [0, 0.1) is 0 Å². The van der Waals surface area contributed by atoms with E-state index in [-0.39, 0.29) is 11.1 Å². The SMILES string of the molecule is CN(Cc1cccc2ccccc12)C(=O)c1cc(Br)cnc1Cl. The average molecular weight is 390 g/mol. The van der Waals surface area contributed by atoms with Crippen molar-refractivity contribution < 1.29 is 4.79 Å². The molecular formula is C18H14BrClN2O. The molecule has 1 aromatic heterocycles. The number of carbonyl (C=O) groups is 1. The third kappa shape index (κ3) is 3.38. The molecule has 0 fully saturated rings. The highest BCUT2D eigenvalue weighted by Crippen LogP contribution is 2.23. The summed E-state index contributed by atoms with van der Waals surface area (Å²) in [5.74, 6) is -0.156. The van der Waals surface area contributed by atoms with Crippen LogP contribution in [0.25, 0.3) is 10.8 Å². The lowest BCUT2D eigenvalue weighted by molar-refractivity contribution is 0.0785. The van der Waals surface area contributed by atoms with Crippen molar-refractivity contribution in [3.05, 3.63) is 75.5 Å². The van der Waals surface area contributed by atoms with Gasteiger partial charge in [-0.05, 0) is 38.3 Å². The van der Waals surface area contributed by atoms with Crippen molar-refractivity contribution >= 4 is 44.2 Å². The van der Waals surface area contributed by atoms with Crippen molar-refractivity contribution in [2.24, 2.45) is 0 Å². The maximum atomic E-state index is 12.6. The number of fused-ring (bicyclic) bond motifs is 1. The van der Waals surface area contributed by atoms with Gasteiger partial charge in [0.25, 0.3) is 5.91 Å². The highest BCUT2D eigenvalue weighted by atomic mass is 79.9. The second-order valence-corrected chi connectivity index (χ2v) is 6.57. The van der Waals surface area contributed by atoms with E-state index in [1.165, 1.54) is 0 Å². The van der Waals surface area contributed by atoms with Crippen molar-refractivity contribution in [2.75, 3.05) is 7.05 Å². The molecular weight excluding hydrogens is 376 g/mol. The maximum absolute atomic E-state index is 12.6. The quantitative estimate of drug-likeness (QED) is 0.596. The molecule has 3 nitrogen and oxygen atoms in total. The molecule has 0 radical (unpaired) electrons. The standard InChI is InChI=1S/C18H14BrClN2O/c1-22(18(23)16-9-14(19)10-21-17(16)20)11-13-7-4-6-12-5-2-3-8-15(12)13/h2-10H,11H2,1H3. The van der Waals surface area contributed by atoms with Gasteiger partial charge in [0.05, 0.1) is 5.56 Å². The Labute approximate surface area is 148 Å². The number of rotatable bonds is 3. The van der Waals surface area contributed by atoms with Crippen LogP contribution in [0.3, 0.4) is 0 Å². The smallest absolute Gasteiger partial charge is 0.257 e. The molecule has 1 amide bonds. The van der Waals surface area contributed by atoms with Crippen LogP contribution in [0.2, 0.25) is 5.15 Å². The predicted octanol–water partition coefficient (Wildman–Crippen LogP) is 4.92. The summed E-state index contributed by atoms with van der Waals surface area (Å²) in [4.78, 5) is 18.3. The minimum atomic E-state index is -0.156. The second-order valence-electron chi connectivity index (χ2n) is 5.29. The van der Waals surface area contributed by atoms with Gasteiger partial charge in [0, 0.05) is 24.3 Å². The Morgan fingerprint density at radius 3 is 2.78 bits per heavy atom. The third-order valence-electron chi connectivity index (χ3n) is 3.67. The Hall–Kier alpha value is -1.91. The summed E-state index contributed by atoms with van der Waals surface area (Å²) in [7, 11) is 1.77. The molecule has 0 aliphatic heterocycles. The van der Waals surface area contributed by atoms with E-state index in [2.05, 4.69) is 39.1 Å². The zero-order chi connectivity index (χ0) is 16.4. The highest BCUT2D eigenvalue weighted by molar-refractivity contribution is 9.10. The number of nitrogens with zero attached hydrogens (tertiary/aromatic N) is 2. The van der Waals surface area contributed by atoms with E-state index in [9.17, 15) is 4.79 Å². The van der Waals surface area contributed by atoms with Crippen LogP contribution in [0.4, 0.5) is 0 Å². The molecule has 0 atom stereocenters. The molecule has 116 valence electrons. The fraction of sp³-hybridized carbons (Fsp3) is 0.111. The van der Waals surface area contributed by atoms with E-state index in [1.54, 1.807) is 24.2 Å². The largest absolute Gasteiger partial charge is 0.337 e. The van der Waals surface area contributed by atoms with Crippen LogP contribution >= 0.6 is 27.5 Å². The van der Waals surface area contributed by atoms with Crippen LogP contribution in [0.1, 0.15) is 15.9 Å². The fourth-order valence-electron chi connectivity index (χ4n) is 2.54. The minimum absolute atomic E-state index is 0.156. The fourth-order valence-corrected chi connectivity index (χ4v) is 3.05. The molecule has 3 rings (SSSR count). The van der Waals surface area contributed by atoms with Gasteiger partial charge in [-0.2, -0.15) is 0 Å². The predicted molar refractivity (Wildman–Crippen MR) is 96.7 cm³/mol. The van der Waals surface area contributed by atoms with Crippen molar-refractivity contribution in [2.45, 2.75) is 6.54 Å². The summed E-state index contributed by atoms with van der Waals surface area (Å²) < 4.78 is 0.726. The molecule has 0 unspecified atom stereocenters. The van der Waals surface area contributed by atoms with E-state index < -0.39 is 0 Å². The summed E-state index contributed by atoms with van der Waals surface area (Å²) in [5.41, 5.74) is 1.49. The van der Waals surface area contributed by atoms with Crippen LogP contribution in [0.5, 0.6) is 0 Å². The Bertz CT molecular complexity index is 877. The number of amides is 1. The number of carbonyl (C=O) groups excluding carboxylic acids is 1. The lowest BCUT2D eigenvalue weighted by Gasteiger charge is -2.19. The van der Waals surface area contributed by atoms with Gasteiger partial charge in [0.15, 0.2) is 0 Å². The first-order chi connectivity index (χ1) is 11.1. The Morgan fingerprint density at radius 1 is 1.22 bits per heavy atom. The van der Waals surface area contributed by atoms with Crippen molar-refractivity contribution in [1.29, 1.82) is 0 Å². The topological polar surface area (TPSA) is 33.2 Å². The second kappa shape index (κ2) is 6.69. The Morgan fingerprint density at radius 2 is 1.96 bits per heavy atom. The third-order valence-corrected chi connectivity index (χ3v) is 4.41. The highest BCUT2D eigenvalue weighted by Gasteiger charge is 2.17. The van der Waals surface area contributed by atoms with Gasteiger partial charge in [-0.25, -0.2) is 4.98 Å². The van der Waals surface area contributed by atoms with Crippen LogP contribution in [-0.2, 0) is 6.54 Å². The van der Waals surface area contributed by atoms with E-state index in [0.29, 0.717) is 12.1 Å². The van der Waals surface area contributed by atoms with Gasteiger partial charge in [-0.15, -0.1) is 0 Å². The molecule has 0 saturated carbocycles. The molecule has 1 heterocycles. The molecule has 0 saturated heterocycles. The van der Waals surface area contributed by atoms with E-state index >= 15 is 0 Å². The van der Waals surface area contributed by atoms with Crippen molar-refractivity contribution in [1.82, 2.24) is 9.88 Å². The molecule has 0 spiro atoms. The number of hydrogen-bond acceptors (Lipinski definition) is 2. The molecule has 0 bridgehead atoms. The van der Waals surface area contributed by atoms with Gasteiger partial charge in [0.2, 0.25) is 0 Å². The number of halogens is 2. The van der Waals surface area contributed by atoms with Gasteiger partial charge >= 0.3 is 0 Å². The van der Waals surface area contributed by atoms with E-state index in [4.69, 9.17) is 11.6 Å². The summed E-state index contributed by atoms with van der Waals surface area (Å²) in [6.07, 6.45) is 1.57. The van der Waals surface area contributed by atoms with Crippen LogP contribution in [-0.4, -0.2) is 22.8 Å². The normalized spacial score (nSPS) is 10.7. The first-order valence-corrected chi connectivity index (χ1v) is 8.26. The molecule has 3 aromatic rings. The summed E-state index contributed by atoms with van der Waals surface area (Å²) in [6, 6.07) is 15.9. The van der Waals surface area contributed by atoms with Crippen LogP contribution in [0.15, 0.2) is 59.2 Å². The number of benzene rings is 2. The summed E-state index contributed by atoms with van der Waals surface area (Å²) >= 11 is 9.37. The monoisotopic (exact) mass is 388 g/mol. The Balaban J connectivity index is 1.90.